The molecule has 2 aromatic heterocycles. The molecule has 1 aliphatic heterocycles. The quantitative estimate of drug-likeness (QED) is 0.758. The van der Waals surface area contributed by atoms with Crippen molar-refractivity contribution in [3.63, 3.8) is 0 Å². The molecule has 0 spiro atoms. The first kappa shape index (κ1) is 14.2. The third-order valence-corrected chi connectivity index (χ3v) is 3.73. The van der Waals surface area contributed by atoms with Crippen LogP contribution in [0, 0.1) is 5.95 Å². The van der Waals surface area contributed by atoms with Crippen molar-refractivity contribution in [3.05, 3.63) is 35.0 Å². The molecule has 0 unspecified atom stereocenters. The van der Waals surface area contributed by atoms with Crippen LogP contribution in [0.1, 0.15) is 16.9 Å². The van der Waals surface area contributed by atoms with Crippen LogP contribution in [0.15, 0.2) is 18.3 Å². The molecule has 8 heteroatoms. The van der Waals surface area contributed by atoms with Crippen molar-refractivity contribution in [2.75, 3.05) is 13.1 Å². The molecule has 1 saturated heterocycles. The van der Waals surface area contributed by atoms with Crippen molar-refractivity contribution >= 4 is 23.2 Å². The second-order valence-electron chi connectivity index (χ2n) is 4.97. The van der Waals surface area contributed by atoms with E-state index in [0.29, 0.717) is 30.2 Å². The van der Waals surface area contributed by atoms with Crippen LogP contribution in [0.2, 0.25) is 5.02 Å². The van der Waals surface area contributed by atoms with Crippen molar-refractivity contribution in [2.45, 2.75) is 18.6 Å². The lowest BCUT2D eigenvalue weighted by Crippen LogP contribution is -2.52. The number of aliphatic hydroxyl groups excluding tert-OH is 1. The third-order valence-electron chi connectivity index (χ3n) is 3.51. The van der Waals surface area contributed by atoms with Gasteiger partial charge in [-0.1, -0.05) is 11.6 Å². The minimum Gasteiger partial charge on any atom is -0.390 e. The van der Waals surface area contributed by atoms with Gasteiger partial charge in [0.2, 0.25) is 5.95 Å². The number of hydrogen-bond donors (Lipinski definition) is 3. The zero-order valence-electron chi connectivity index (χ0n) is 11.0. The van der Waals surface area contributed by atoms with Crippen LogP contribution in [0.4, 0.5) is 4.39 Å². The number of aromatic nitrogens is 2. The first-order valence-electron chi connectivity index (χ1n) is 6.59. The van der Waals surface area contributed by atoms with Crippen molar-refractivity contribution in [3.8, 4) is 0 Å². The summed E-state index contributed by atoms with van der Waals surface area (Å²) in [5, 5.41) is 15.8. The average Bonchev–Trinajstić information content (AvgIpc) is 2.79. The number of β-amino-alcohol motifs (C(OH)–C–C–N with tert-alkyl or cyclic N) is 1. The summed E-state index contributed by atoms with van der Waals surface area (Å²) in [6, 6.07) is 2.69. The van der Waals surface area contributed by atoms with Crippen molar-refractivity contribution in [1.82, 2.24) is 20.0 Å². The first-order chi connectivity index (χ1) is 10.1. The summed E-state index contributed by atoms with van der Waals surface area (Å²) in [6.07, 6.45) is 1.24. The fraction of sp³-hybridized carbons (Fsp3) is 0.385. The summed E-state index contributed by atoms with van der Waals surface area (Å²) in [5.41, 5.74) is -0.00379. The summed E-state index contributed by atoms with van der Waals surface area (Å²) >= 11 is 5.80. The predicted octanol–water partition coefficient (Wildman–Crippen LogP) is 0.579. The van der Waals surface area contributed by atoms with Gasteiger partial charge >= 0.3 is 0 Å². The molecule has 21 heavy (non-hydrogen) atoms. The van der Waals surface area contributed by atoms with E-state index in [4.69, 9.17) is 11.6 Å². The zero-order valence-corrected chi connectivity index (χ0v) is 11.8. The van der Waals surface area contributed by atoms with E-state index in [9.17, 15) is 14.3 Å². The number of aliphatic hydroxyl groups is 1. The summed E-state index contributed by atoms with van der Waals surface area (Å²) in [6.45, 7) is 1.08. The monoisotopic (exact) mass is 312 g/mol. The number of pyridine rings is 1. The Labute approximate surface area is 124 Å². The second-order valence-corrected chi connectivity index (χ2v) is 5.40. The number of carbonyl (C=O) groups is 1. The van der Waals surface area contributed by atoms with Gasteiger partial charge in [-0.3, -0.25) is 9.20 Å². The molecular weight excluding hydrogens is 299 g/mol. The standard InChI is InChI=1S/C13H14ClFN4O2/c14-7-1-2-10-18-11(12(15)19(10)6-7)13(21)17-8-3-4-16-5-9(8)20/h1-2,6,8-9,16,20H,3-5H2,(H,17,21)/t8-,9-/m1/s1. The lowest BCUT2D eigenvalue weighted by Gasteiger charge is -2.28. The Balaban J connectivity index is 1.86. The molecule has 3 heterocycles. The van der Waals surface area contributed by atoms with E-state index in [0.717, 1.165) is 4.40 Å². The Morgan fingerprint density at radius 1 is 1.57 bits per heavy atom. The molecule has 1 fully saturated rings. The van der Waals surface area contributed by atoms with Gasteiger partial charge in [-0.25, -0.2) is 4.98 Å². The van der Waals surface area contributed by atoms with Gasteiger partial charge in [-0.2, -0.15) is 4.39 Å². The summed E-state index contributed by atoms with van der Waals surface area (Å²) in [4.78, 5) is 16.1. The van der Waals surface area contributed by atoms with Gasteiger partial charge in [0.25, 0.3) is 5.91 Å². The predicted molar refractivity (Wildman–Crippen MR) is 74.9 cm³/mol. The topological polar surface area (TPSA) is 78.7 Å². The van der Waals surface area contributed by atoms with Gasteiger partial charge in [0.15, 0.2) is 5.69 Å². The summed E-state index contributed by atoms with van der Waals surface area (Å²) < 4.78 is 15.3. The fourth-order valence-electron chi connectivity index (χ4n) is 2.38. The Morgan fingerprint density at radius 2 is 2.38 bits per heavy atom. The van der Waals surface area contributed by atoms with E-state index >= 15 is 0 Å². The van der Waals surface area contributed by atoms with Gasteiger partial charge in [-0.05, 0) is 25.1 Å². The smallest absolute Gasteiger partial charge is 0.274 e. The van der Waals surface area contributed by atoms with Crippen LogP contribution in [-0.4, -0.2) is 45.6 Å². The Morgan fingerprint density at radius 3 is 3.14 bits per heavy atom. The van der Waals surface area contributed by atoms with Crippen molar-refractivity contribution in [1.29, 1.82) is 0 Å². The number of halogens is 2. The molecule has 3 rings (SSSR count). The largest absolute Gasteiger partial charge is 0.390 e. The van der Waals surface area contributed by atoms with E-state index in [1.807, 2.05) is 0 Å². The van der Waals surface area contributed by atoms with Gasteiger partial charge in [0, 0.05) is 12.7 Å². The number of piperidine rings is 1. The Hall–Kier alpha value is -1.70. The molecule has 0 saturated carbocycles. The Kier molecular flexibility index (Phi) is 3.79. The normalized spacial score (nSPS) is 22.4. The van der Waals surface area contributed by atoms with Crippen LogP contribution in [0.3, 0.4) is 0 Å². The van der Waals surface area contributed by atoms with E-state index < -0.39 is 24.0 Å². The van der Waals surface area contributed by atoms with Crippen LogP contribution >= 0.6 is 11.6 Å². The highest BCUT2D eigenvalue weighted by molar-refractivity contribution is 6.30. The third kappa shape index (κ3) is 2.72. The van der Waals surface area contributed by atoms with E-state index in [1.54, 1.807) is 6.07 Å². The van der Waals surface area contributed by atoms with Gasteiger partial charge in [0.05, 0.1) is 17.2 Å². The fourth-order valence-corrected chi connectivity index (χ4v) is 2.54. The number of amides is 1. The molecule has 1 amide bonds. The SMILES string of the molecule is O=C(N[C@@H]1CCNC[C@H]1O)c1nc2ccc(Cl)cn2c1F. The number of carbonyl (C=O) groups excluding carboxylic acids is 1. The highest BCUT2D eigenvalue weighted by Crippen LogP contribution is 2.16. The molecule has 0 aromatic carbocycles. The van der Waals surface area contributed by atoms with Crippen LogP contribution < -0.4 is 10.6 Å². The second kappa shape index (κ2) is 5.59. The maximum atomic E-state index is 14.2. The highest BCUT2D eigenvalue weighted by Gasteiger charge is 2.27. The molecule has 0 radical (unpaired) electrons. The lowest BCUT2D eigenvalue weighted by atomic mass is 10.0. The van der Waals surface area contributed by atoms with E-state index in [1.165, 1.54) is 12.3 Å². The zero-order chi connectivity index (χ0) is 15.0. The van der Waals surface area contributed by atoms with Crippen molar-refractivity contribution in [2.24, 2.45) is 0 Å². The summed E-state index contributed by atoms with van der Waals surface area (Å²) in [5.74, 6) is -1.41. The number of hydrogen-bond acceptors (Lipinski definition) is 4. The van der Waals surface area contributed by atoms with Crippen LogP contribution in [0.25, 0.3) is 5.65 Å². The molecule has 0 aliphatic carbocycles. The number of imidazole rings is 1. The molecule has 3 N–H and O–H groups in total. The van der Waals surface area contributed by atoms with Gasteiger partial charge in [-0.15, -0.1) is 0 Å². The maximum absolute atomic E-state index is 14.2. The first-order valence-corrected chi connectivity index (χ1v) is 6.97. The summed E-state index contributed by atoms with van der Waals surface area (Å²) in [7, 11) is 0. The molecule has 112 valence electrons. The van der Waals surface area contributed by atoms with Gasteiger partial charge in [0.1, 0.15) is 5.65 Å². The minimum absolute atomic E-state index is 0.299. The van der Waals surface area contributed by atoms with Crippen LogP contribution in [0.5, 0.6) is 0 Å². The molecule has 2 atom stereocenters. The van der Waals surface area contributed by atoms with Crippen LogP contribution in [-0.2, 0) is 0 Å². The molecule has 2 aromatic rings. The van der Waals surface area contributed by atoms with Gasteiger partial charge < -0.3 is 15.7 Å². The lowest BCUT2D eigenvalue weighted by molar-refractivity contribution is 0.0758. The molecule has 1 aliphatic rings. The number of fused-ring (bicyclic) bond motifs is 1. The molecule has 6 nitrogen and oxygen atoms in total. The molecule has 0 bridgehead atoms. The Bertz CT molecular complexity index is 690. The minimum atomic E-state index is -0.770. The van der Waals surface area contributed by atoms with E-state index in [-0.39, 0.29) is 5.69 Å². The van der Waals surface area contributed by atoms with E-state index in [2.05, 4.69) is 15.6 Å². The maximum Gasteiger partial charge on any atom is 0.274 e. The number of nitrogens with zero attached hydrogens (tertiary/aromatic N) is 2. The average molecular weight is 313 g/mol. The number of nitrogens with one attached hydrogen (secondary N) is 2. The van der Waals surface area contributed by atoms with Crippen molar-refractivity contribution < 1.29 is 14.3 Å². The number of rotatable bonds is 2. The molecular formula is C13H14ClFN4O2. The highest BCUT2D eigenvalue weighted by atomic mass is 35.5.